The Morgan fingerprint density at radius 2 is 2.21 bits per heavy atom. The molecule has 1 aromatic carbocycles. The fourth-order valence-electron chi connectivity index (χ4n) is 2.15. The zero-order valence-corrected chi connectivity index (χ0v) is 8.44. The second kappa shape index (κ2) is 4.01. The van der Waals surface area contributed by atoms with E-state index in [2.05, 4.69) is 13.0 Å². The summed E-state index contributed by atoms with van der Waals surface area (Å²) in [7, 11) is 0. The maximum Gasteiger partial charge on any atom is 0.123 e. The van der Waals surface area contributed by atoms with Gasteiger partial charge in [-0.2, -0.15) is 0 Å². The van der Waals surface area contributed by atoms with Crippen LogP contribution in [0.5, 0.6) is 5.75 Å². The Hall–Kier alpha value is -1.02. The summed E-state index contributed by atoms with van der Waals surface area (Å²) in [5.41, 5.74) is 1.25. The lowest BCUT2D eigenvalue weighted by Crippen LogP contribution is -2.23. The van der Waals surface area contributed by atoms with Gasteiger partial charge in [0.25, 0.3) is 0 Å². The Morgan fingerprint density at radius 1 is 1.43 bits per heavy atom. The summed E-state index contributed by atoms with van der Waals surface area (Å²) in [6, 6.07) is 8.13. The number of hydrogen-bond donors (Lipinski definition) is 1. The summed E-state index contributed by atoms with van der Waals surface area (Å²) in [6.07, 6.45) is 2.11. The Labute approximate surface area is 84.5 Å². The van der Waals surface area contributed by atoms with Gasteiger partial charge in [-0.25, -0.2) is 0 Å². The molecule has 1 N–H and O–H groups in total. The van der Waals surface area contributed by atoms with Gasteiger partial charge in [0.05, 0.1) is 6.10 Å². The molecule has 0 saturated carbocycles. The Kier molecular flexibility index (Phi) is 2.73. The average Bonchev–Trinajstić information content (AvgIpc) is 2.18. The first-order valence-electron chi connectivity index (χ1n) is 5.17. The fourth-order valence-corrected chi connectivity index (χ4v) is 2.15. The first kappa shape index (κ1) is 9.53. The molecule has 1 aromatic rings. The van der Waals surface area contributed by atoms with E-state index >= 15 is 0 Å². The lowest BCUT2D eigenvalue weighted by Gasteiger charge is -2.30. The zero-order chi connectivity index (χ0) is 9.97. The molecule has 0 aliphatic carbocycles. The summed E-state index contributed by atoms with van der Waals surface area (Å²) in [4.78, 5) is 0. The van der Waals surface area contributed by atoms with Crippen molar-refractivity contribution in [3.8, 4) is 5.75 Å². The number of rotatable bonds is 2. The second-order valence-corrected chi connectivity index (χ2v) is 3.91. The number of hydrogen-bond acceptors (Lipinski definition) is 2. The minimum atomic E-state index is 0.256. The molecule has 1 aliphatic rings. The van der Waals surface area contributed by atoms with Crippen molar-refractivity contribution in [2.45, 2.75) is 31.8 Å². The highest BCUT2D eigenvalue weighted by atomic mass is 16.5. The minimum absolute atomic E-state index is 0.256. The Bertz CT molecular complexity index is 309. The molecule has 0 fully saturated rings. The largest absolute Gasteiger partial charge is 0.490 e. The molecule has 0 spiro atoms. The molecule has 1 aliphatic heterocycles. The number of aliphatic hydroxyl groups is 1. The van der Waals surface area contributed by atoms with Crippen LogP contribution in [-0.4, -0.2) is 17.8 Å². The van der Waals surface area contributed by atoms with Crippen LogP contribution in [0.4, 0.5) is 0 Å². The summed E-state index contributed by atoms with van der Waals surface area (Å²) in [5, 5.41) is 8.99. The van der Waals surface area contributed by atoms with E-state index in [1.165, 1.54) is 5.56 Å². The molecule has 0 aromatic heterocycles. The Balaban J connectivity index is 2.28. The number of ether oxygens (including phenoxy) is 1. The van der Waals surface area contributed by atoms with Gasteiger partial charge in [0.2, 0.25) is 0 Å². The maximum absolute atomic E-state index is 8.99. The second-order valence-electron chi connectivity index (χ2n) is 3.91. The van der Waals surface area contributed by atoms with E-state index < -0.39 is 0 Å². The topological polar surface area (TPSA) is 29.5 Å². The van der Waals surface area contributed by atoms with E-state index in [1.54, 1.807) is 0 Å². The molecule has 0 bridgehead atoms. The predicted molar refractivity (Wildman–Crippen MR) is 55.6 cm³/mol. The molecule has 2 rings (SSSR count). The van der Waals surface area contributed by atoms with Gasteiger partial charge in [0.15, 0.2) is 0 Å². The first-order chi connectivity index (χ1) is 6.81. The smallest absolute Gasteiger partial charge is 0.123 e. The summed E-state index contributed by atoms with van der Waals surface area (Å²) < 4.78 is 5.73. The molecule has 2 unspecified atom stereocenters. The minimum Gasteiger partial charge on any atom is -0.490 e. The van der Waals surface area contributed by atoms with Gasteiger partial charge in [0, 0.05) is 6.61 Å². The predicted octanol–water partition coefficient (Wildman–Crippen LogP) is 2.32. The van der Waals surface area contributed by atoms with E-state index in [9.17, 15) is 0 Å². The monoisotopic (exact) mass is 192 g/mol. The third-order valence-electron chi connectivity index (χ3n) is 2.78. The van der Waals surface area contributed by atoms with Crippen LogP contribution in [0.2, 0.25) is 0 Å². The van der Waals surface area contributed by atoms with Crippen LogP contribution in [0.15, 0.2) is 24.3 Å². The van der Waals surface area contributed by atoms with E-state index in [1.807, 2.05) is 18.2 Å². The summed E-state index contributed by atoms with van der Waals surface area (Å²) in [6.45, 7) is 2.34. The van der Waals surface area contributed by atoms with Crippen molar-refractivity contribution >= 4 is 0 Å². The lowest BCUT2D eigenvalue weighted by molar-refractivity contribution is 0.163. The molecular formula is C12H16O2. The van der Waals surface area contributed by atoms with Crippen molar-refractivity contribution in [1.82, 2.24) is 0 Å². The molecular weight excluding hydrogens is 176 g/mol. The summed E-state index contributed by atoms with van der Waals surface area (Å²) >= 11 is 0. The van der Waals surface area contributed by atoms with Gasteiger partial charge >= 0.3 is 0 Å². The molecule has 2 nitrogen and oxygen atoms in total. The van der Waals surface area contributed by atoms with Crippen LogP contribution in [0.25, 0.3) is 0 Å². The maximum atomic E-state index is 8.99. The van der Waals surface area contributed by atoms with Crippen molar-refractivity contribution in [1.29, 1.82) is 0 Å². The van der Waals surface area contributed by atoms with E-state index in [0.717, 1.165) is 18.6 Å². The van der Waals surface area contributed by atoms with Gasteiger partial charge in [-0.1, -0.05) is 18.2 Å². The first-order valence-corrected chi connectivity index (χ1v) is 5.17. The van der Waals surface area contributed by atoms with Gasteiger partial charge in [-0.05, 0) is 37.3 Å². The van der Waals surface area contributed by atoms with E-state index in [4.69, 9.17) is 9.84 Å². The van der Waals surface area contributed by atoms with Crippen LogP contribution < -0.4 is 4.74 Å². The molecule has 14 heavy (non-hydrogen) atoms. The number of para-hydroxylation sites is 1. The van der Waals surface area contributed by atoms with Crippen LogP contribution >= 0.6 is 0 Å². The molecule has 76 valence electrons. The SMILES string of the molecule is CC1CC(CCO)c2ccccc2O1. The Morgan fingerprint density at radius 3 is 3.00 bits per heavy atom. The number of fused-ring (bicyclic) bond motifs is 1. The van der Waals surface area contributed by atoms with Crippen molar-refractivity contribution in [3.63, 3.8) is 0 Å². The molecule has 0 amide bonds. The van der Waals surface area contributed by atoms with E-state index in [0.29, 0.717) is 5.92 Å². The van der Waals surface area contributed by atoms with Gasteiger partial charge in [0.1, 0.15) is 5.75 Å². The number of aliphatic hydroxyl groups excluding tert-OH is 1. The van der Waals surface area contributed by atoms with Gasteiger partial charge < -0.3 is 9.84 Å². The third-order valence-corrected chi connectivity index (χ3v) is 2.78. The van der Waals surface area contributed by atoms with Crippen LogP contribution in [-0.2, 0) is 0 Å². The van der Waals surface area contributed by atoms with Crippen LogP contribution in [0, 0.1) is 0 Å². The van der Waals surface area contributed by atoms with Crippen molar-refractivity contribution < 1.29 is 9.84 Å². The average molecular weight is 192 g/mol. The van der Waals surface area contributed by atoms with Crippen molar-refractivity contribution in [3.05, 3.63) is 29.8 Å². The highest BCUT2D eigenvalue weighted by Gasteiger charge is 2.24. The highest BCUT2D eigenvalue weighted by Crippen LogP contribution is 2.37. The quantitative estimate of drug-likeness (QED) is 0.779. The zero-order valence-electron chi connectivity index (χ0n) is 8.44. The normalized spacial score (nSPS) is 25.3. The van der Waals surface area contributed by atoms with Crippen LogP contribution in [0.3, 0.4) is 0 Å². The van der Waals surface area contributed by atoms with Crippen molar-refractivity contribution in [2.24, 2.45) is 0 Å². The molecule has 0 saturated heterocycles. The van der Waals surface area contributed by atoms with Crippen molar-refractivity contribution in [2.75, 3.05) is 6.61 Å². The number of benzene rings is 1. The molecule has 1 heterocycles. The standard InChI is InChI=1S/C12H16O2/c1-9-8-10(6-7-13)11-4-2-3-5-12(11)14-9/h2-5,9-10,13H,6-8H2,1H3. The fraction of sp³-hybridized carbons (Fsp3) is 0.500. The molecule has 2 heteroatoms. The summed E-state index contributed by atoms with van der Waals surface area (Å²) in [5.74, 6) is 1.45. The van der Waals surface area contributed by atoms with Gasteiger partial charge in [-0.15, -0.1) is 0 Å². The van der Waals surface area contributed by atoms with Gasteiger partial charge in [-0.3, -0.25) is 0 Å². The lowest BCUT2D eigenvalue weighted by atomic mass is 9.88. The van der Waals surface area contributed by atoms with E-state index in [-0.39, 0.29) is 12.7 Å². The molecule has 0 radical (unpaired) electrons. The third kappa shape index (κ3) is 1.75. The molecule has 2 atom stereocenters. The highest BCUT2D eigenvalue weighted by molar-refractivity contribution is 5.38. The van der Waals surface area contributed by atoms with Crippen LogP contribution in [0.1, 0.15) is 31.2 Å².